The number of aromatic hydroxyl groups is 1. The zero-order valence-corrected chi connectivity index (χ0v) is 29.5. The smallest absolute Gasteiger partial charge is 0.408 e. The average molecular weight is 723 g/mol. The first-order valence-electron chi connectivity index (χ1n) is 17.8. The van der Waals surface area contributed by atoms with Crippen LogP contribution < -0.4 is 15.6 Å². The van der Waals surface area contributed by atoms with E-state index in [1.165, 1.54) is 12.1 Å². The number of benzene rings is 4. The lowest BCUT2D eigenvalue weighted by molar-refractivity contribution is -0.000812. The molecule has 10 nitrogen and oxygen atoms in total. The summed E-state index contributed by atoms with van der Waals surface area (Å²) in [7, 11) is 0. The molecule has 3 saturated heterocycles. The molecule has 0 saturated carbocycles. The van der Waals surface area contributed by atoms with Gasteiger partial charge in [0.2, 0.25) is 5.56 Å². The molecule has 2 bridgehead atoms. The molecular formula is C41H43ClN4O6. The Morgan fingerprint density at radius 2 is 1.77 bits per heavy atom. The Morgan fingerprint density at radius 3 is 2.50 bits per heavy atom. The van der Waals surface area contributed by atoms with E-state index >= 15 is 0 Å². The number of amides is 1. The van der Waals surface area contributed by atoms with Crippen molar-refractivity contribution < 1.29 is 24.9 Å². The van der Waals surface area contributed by atoms with Crippen LogP contribution in [0.4, 0.5) is 4.79 Å². The number of carbonyl (C=O) groups is 1. The molecule has 1 amide bonds. The average Bonchev–Trinajstić information content (AvgIpc) is 3.16. The first kappa shape index (κ1) is 35.5. The number of nitrogens with zero attached hydrogens (tertiary/aromatic N) is 2. The summed E-state index contributed by atoms with van der Waals surface area (Å²) in [4.78, 5) is 31.4. The van der Waals surface area contributed by atoms with Gasteiger partial charge in [-0.15, -0.1) is 0 Å². The second kappa shape index (κ2) is 15.8. The van der Waals surface area contributed by atoms with Gasteiger partial charge in [0, 0.05) is 29.6 Å². The normalized spacial score (nSPS) is 19.3. The number of ether oxygens (including phenoxy) is 1. The van der Waals surface area contributed by atoms with Gasteiger partial charge >= 0.3 is 6.09 Å². The van der Waals surface area contributed by atoms with Crippen LogP contribution in [0, 0.1) is 5.92 Å². The molecule has 0 aliphatic carbocycles. The van der Waals surface area contributed by atoms with Crippen LogP contribution in [0.25, 0.3) is 10.9 Å². The van der Waals surface area contributed by atoms with E-state index in [2.05, 4.69) is 15.2 Å². The fraction of sp³-hybridized carbons (Fsp3) is 0.317. The lowest BCUT2D eigenvalue weighted by atomic mass is 9.81. The van der Waals surface area contributed by atoms with Crippen LogP contribution in [0.3, 0.4) is 0 Å². The number of hydrogen-bond acceptors (Lipinski definition) is 7. The van der Waals surface area contributed by atoms with Crippen LogP contribution in [0.1, 0.15) is 52.8 Å². The zero-order valence-electron chi connectivity index (χ0n) is 28.7. The molecule has 5 aromatic rings. The molecule has 3 atom stereocenters. The third-order valence-electron chi connectivity index (χ3n) is 10.5. The summed E-state index contributed by atoms with van der Waals surface area (Å²) in [6, 6.07) is 29.0. The number of H-pyrrole nitrogens is 1. The number of carboxylic acid groups (broad SMARTS) is 1. The number of fused-ring (bicyclic) bond motifs is 4. The van der Waals surface area contributed by atoms with Crippen molar-refractivity contribution in [3.63, 3.8) is 0 Å². The number of rotatable bonds is 13. The highest BCUT2D eigenvalue weighted by molar-refractivity contribution is 6.31. The summed E-state index contributed by atoms with van der Waals surface area (Å²) in [6.07, 6.45) is 0.911. The van der Waals surface area contributed by atoms with Crippen molar-refractivity contribution in [3.8, 4) is 11.5 Å². The van der Waals surface area contributed by atoms with Crippen molar-refractivity contribution in [1.82, 2.24) is 20.1 Å². The molecule has 0 unspecified atom stereocenters. The molecule has 3 aliphatic heterocycles. The minimum absolute atomic E-state index is 0.0488. The number of aliphatic hydroxyl groups is 1. The van der Waals surface area contributed by atoms with Gasteiger partial charge in [0.05, 0.1) is 23.7 Å². The lowest BCUT2D eigenvalue weighted by Crippen LogP contribution is -2.59. The number of phenols is 1. The second-order valence-corrected chi connectivity index (χ2v) is 14.2. The van der Waals surface area contributed by atoms with Gasteiger partial charge in [-0.1, -0.05) is 72.3 Å². The largest absolute Gasteiger partial charge is 0.506 e. The molecule has 11 heteroatoms. The van der Waals surface area contributed by atoms with E-state index in [1.807, 2.05) is 72.8 Å². The highest BCUT2D eigenvalue weighted by atomic mass is 35.5. The lowest BCUT2D eigenvalue weighted by Gasteiger charge is -2.50. The molecule has 52 heavy (non-hydrogen) atoms. The topological polar surface area (TPSA) is 138 Å². The molecule has 270 valence electrons. The number of piperidine rings is 3. The number of aromatic nitrogens is 1. The van der Waals surface area contributed by atoms with E-state index in [0.717, 1.165) is 54.7 Å². The summed E-state index contributed by atoms with van der Waals surface area (Å²) in [5.41, 5.74) is 4.22. The predicted molar refractivity (Wildman–Crippen MR) is 201 cm³/mol. The van der Waals surface area contributed by atoms with Crippen molar-refractivity contribution >= 4 is 28.6 Å². The Hall–Kier alpha value is -4.87. The van der Waals surface area contributed by atoms with E-state index in [-0.39, 0.29) is 30.5 Å². The van der Waals surface area contributed by atoms with Gasteiger partial charge in [-0.25, -0.2) is 4.79 Å². The highest BCUT2D eigenvalue weighted by Gasteiger charge is 2.43. The standard InChI is InChI=1S/C41H43ClN4O6/c42-34-21-26(9-10-27(34)15-18-43-23-37(48)32-11-13-36(47)39-33(32)12-14-38(49)44-39)25-52-31-8-4-7-30(22-31)40(29-5-2-1-3-6-29)46(41(50)51)35-24-45-19-16-28(35)17-20-45/h1-14,21-22,28,35,37,40,43,47-48H,15-20,23-25H2,(H,44,49)(H,50,51)/t35-,37-,40-/m0/s1. The first-order valence-corrected chi connectivity index (χ1v) is 18.2. The predicted octanol–water partition coefficient (Wildman–Crippen LogP) is 6.50. The molecule has 3 aliphatic rings. The molecular weight excluding hydrogens is 680 g/mol. The zero-order chi connectivity index (χ0) is 36.2. The number of nitrogens with one attached hydrogen (secondary N) is 2. The molecule has 0 spiro atoms. The number of pyridine rings is 1. The van der Waals surface area contributed by atoms with E-state index in [1.54, 1.807) is 17.0 Å². The van der Waals surface area contributed by atoms with Crippen LogP contribution in [-0.2, 0) is 13.0 Å². The Labute approximate surface area is 307 Å². The van der Waals surface area contributed by atoms with Crippen molar-refractivity contribution in [2.24, 2.45) is 5.92 Å². The van der Waals surface area contributed by atoms with E-state index in [0.29, 0.717) is 46.1 Å². The SMILES string of the molecule is O=C(O)N([C@@H](c1ccccc1)c1cccc(OCc2ccc(CCNC[C@H](O)c3ccc(O)c4[nH]c(=O)ccc34)c(Cl)c2)c1)[C@H]1CN2CCC1CC2. The van der Waals surface area contributed by atoms with Crippen molar-refractivity contribution in [1.29, 1.82) is 0 Å². The van der Waals surface area contributed by atoms with Crippen LogP contribution in [0.2, 0.25) is 5.02 Å². The van der Waals surface area contributed by atoms with E-state index in [4.69, 9.17) is 16.3 Å². The molecule has 5 N–H and O–H groups in total. The maximum Gasteiger partial charge on any atom is 0.408 e. The molecule has 4 heterocycles. The molecule has 3 fully saturated rings. The minimum Gasteiger partial charge on any atom is -0.506 e. The van der Waals surface area contributed by atoms with E-state index < -0.39 is 18.2 Å². The number of hydrogen-bond donors (Lipinski definition) is 5. The van der Waals surface area contributed by atoms with Gasteiger partial charge in [-0.05, 0) is 103 Å². The minimum atomic E-state index is -0.912. The summed E-state index contributed by atoms with van der Waals surface area (Å²) in [5, 5.41) is 36.1. The summed E-state index contributed by atoms with van der Waals surface area (Å²) >= 11 is 6.69. The first-order chi connectivity index (χ1) is 25.2. The number of aromatic amines is 1. The number of phenolic OH excluding ortho intramolecular Hbond substituents is 1. The highest BCUT2D eigenvalue weighted by Crippen LogP contribution is 2.39. The maximum absolute atomic E-state index is 13.0. The van der Waals surface area contributed by atoms with Crippen molar-refractivity contribution in [2.75, 3.05) is 32.7 Å². The monoisotopic (exact) mass is 722 g/mol. The summed E-state index contributed by atoms with van der Waals surface area (Å²) in [6.45, 7) is 3.96. The van der Waals surface area contributed by atoms with Gasteiger partial charge in [-0.2, -0.15) is 0 Å². The third kappa shape index (κ3) is 7.80. The Morgan fingerprint density at radius 1 is 0.981 bits per heavy atom. The van der Waals surface area contributed by atoms with Gasteiger partial charge in [0.15, 0.2) is 0 Å². The number of aliphatic hydroxyl groups excluding tert-OH is 1. The third-order valence-corrected chi connectivity index (χ3v) is 10.8. The summed E-state index contributed by atoms with van der Waals surface area (Å²) < 4.78 is 6.25. The van der Waals surface area contributed by atoms with Gasteiger partial charge < -0.3 is 35.3 Å². The van der Waals surface area contributed by atoms with Crippen LogP contribution in [0.5, 0.6) is 11.5 Å². The Bertz CT molecular complexity index is 2080. The molecule has 4 aromatic carbocycles. The van der Waals surface area contributed by atoms with Crippen LogP contribution >= 0.6 is 11.6 Å². The second-order valence-electron chi connectivity index (χ2n) is 13.8. The van der Waals surface area contributed by atoms with Gasteiger partial charge in [0.1, 0.15) is 18.1 Å². The fourth-order valence-electron chi connectivity index (χ4n) is 7.79. The summed E-state index contributed by atoms with van der Waals surface area (Å²) in [5.74, 6) is 0.947. The number of halogens is 1. The van der Waals surface area contributed by atoms with Gasteiger partial charge in [-0.3, -0.25) is 9.69 Å². The Kier molecular flexibility index (Phi) is 10.8. The molecule has 8 rings (SSSR count). The Balaban J connectivity index is 0.984. The molecule has 1 aromatic heterocycles. The maximum atomic E-state index is 13.0. The van der Waals surface area contributed by atoms with Crippen molar-refractivity contribution in [2.45, 2.75) is 44.1 Å². The quantitative estimate of drug-likeness (QED) is 0.0870. The van der Waals surface area contributed by atoms with E-state index in [9.17, 15) is 24.9 Å². The van der Waals surface area contributed by atoms with Crippen LogP contribution in [0.15, 0.2) is 102 Å². The fourth-order valence-corrected chi connectivity index (χ4v) is 8.09. The van der Waals surface area contributed by atoms with Crippen LogP contribution in [-0.4, -0.2) is 75.0 Å². The molecule has 0 radical (unpaired) electrons. The van der Waals surface area contributed by atoms with Gasteiger partial charge in [0.25, 0.3) is 0 Å². The van der Waals surface area contributed by atoms with Crippen molar-refractivity contribution in [3.05, 3.63) is 140 Å².